The lowest BCUT2D eigenvalue weighted by Gasteiger charge is -2.29. The molecule has 4 heteroatoms. The quantitative estimate of drug-likeness (QED) is 0.757. The summed E-state index contributed by atoms with van der Waals surface area (Å²) in [5.41, 5.74) is 0.792. The molecule has 0 bridgehead atoms. The minimum absolute atomic E-state index is 0.0823. The number of hydrogen-bond donors (Lipinski definition) is 1. The highest BCUT2D eigenvalue weighted by atomic mass is 19.1. The van der Waals surface area contributed by atoms with Gasteiger partial charge in [0, 0.05) is 12.6 Å². The van der Waals surface area contributed by atoms with Gasteiger partial charge in [0.25, 0.3) is 0 Å². The van der Waals surface area contributed by atoms with Crippen LogP contribution in [0.3, 0.4) is 0 Å². The Kier molecular flexibility index (Phi) is 5.52. The van der Waals surface area contributed by atoms with Crippen LogP contribution in [0.4, 0.5) is 4.39 Å². The van der Waals surface area contributed by atoms with Crippen molar-refractivity contribution in [2.45, 2.75) is 19.4 Å². The van der Waals surface area contributed by atoms with Crippen LogP contribution in [0.2, 0.25) is 0 Å². The highest BCUT2D eigenvalue weighted by Crippen LogP contribution is 2.24. The van der Waals surface area contributed by atoms with Gasteiger partial charge in [-0.3, -0.25) is 9.69 Å². The Bertz CT molecular complexity index is 420. The van der Waals surface area contributed by atoms with Crippen LogP contribution in [0.1, 0.15) is 24.9 Å². The third kappa shape index (κ3) is 3.96. The molecule has 1 aromatic rings. The van der Waals surface area contributed by atoms with E-state index >= 15 is 0 Å². The van der Waals surface area contributed by atoms with Gasteiger partial charge in [-0.2, -0.15) is 0 Å². The highest BCUT2D eigenvalue weighted by Gasteiger charge is 2.20. The third-order valence-corrected chi connectivity index (χ3v) is 2.76. The van der Waals surface area contributed by atoms with E-state index in [0.29, 0.717) is 13.0 Å². The molecule has 0 fully saturated rings. The Morgan fingerprint density at radius 1 is 1.61 bits per heavy atom. The summed E-state index contributed by atoms with van der Waals surface area (Å²) in [5, 5.41) is 8.91. The van der Waals surface area contributed by atoms with Crippen LogP contribution >= 0.6 is 0 Å². The van der Waals surface area contributed by atoms with E-state index in [4.69, 9.17) is 5.11 Å². The molecule has 0 radical (unpaired) electrons. The summed E-state index contributed by atoms with van der Waals surface area (Å²) in [6, 6.07) is 6.17. The molecule has 0 heterocycles. The first-order chi connectivity index (χ1) is 8.58. The first kappa shape index (κ1) is 14.4. The number of carboxylic acids is 1. The maximum atomic E-state index is 13.2. The van der Waals surface area contributed by atoms with Crippen molar-refractivity contribution in [3.63, 3.8) is 0 Å². The molecule has 1 aromatic carbocycles. The summed E-state index contributed by atoms with van der Waals surface area (Å²) in [6.45, 7) is 5.96. The average molecular weight is 251 g/mol. The predicted molar refractivity (Wildman–Crippen MR) is 68.8 cm³/mol. The maximum Gasteiger partial charge on any atom is 0.317 e. The van der Waals surface area contributed by atoms with Crippen molar-refractivity contribution in [1.29, 1.82) is 0 Å². The van der Waals surface area contributed by atoms with Crippen LogP contribution in [0.25, 0.3) is 0 Å². The van der Waals surface area contributed by atoms with Gasteiger partial charge in [-0.1, -0.05) is 25.1 Å². The Morgan fingerprint density at radius 3 is 2.83 bits per heavy atom. The van der Waals surface area contributed by atoms with Crippen LogP contribution in [0.5, 0.6) is 0 Å². The molecule has 1 atom stereocenters. The molecule has 0 saturated carbocycles. The number of aliphatic carboxylic acids is 1. The van der Waals surface area contributed by atoms with Crippen LogP contribution in [0.15, 0.2) is 36.9 Å². The van der Waals surface area contributed by atoms with E-state index in [1.807, 2.05) is 13.0 Å². The third-order valence-electron chi connectivity index (χ3n) is 2.76. The first-order valence-electron chi connectivity index (χ1n) is 5.90. The molecule has 1 unspecified atom stereocenters. The second-order valence-corrected chi connectivity index (χ2v) is 4.09. The fourth-order valence-electron chi connectivity index (χ4n) is 2.06. The second kappa shape index (κ2) is 6.91. The second-order valence-electron chi connectivity index (χ2n) is 4.09. The fourth-order valence-corrected chi connectivity index (χ4v) is 2.06. The van der Waals surface area contributed by atoms with Gasteiger partial charge in [0.2, 0.25) is 0 Å². The summed E-state index contributed by atoms with van der Waals surface area (Å²) < 4.78 is 13.2. The van der Waals surface area contributed by atoms with E-state index in [2.05, 4.69) is 6.58 Å². The lowest BCUT2D eigenvalue weighted by atomic mass is 10.0. The largest absolute Gasteiger partial charge is 0.480 e. The maximum absolute atomic E-state index is 13.2. The number of nitrogens with zero attached hydrogens (tertiary/aromatic N) is 1. The molecule has 1 N–H and O–H groups in total. The van der Waals surface area contributed by atoms with E-state index in [1.165, 1.54) is 12.1 Å². The topological polar surface area (TPSA) is 40.5 Å². The molecule has 0 amide bonds. The number of rotatable bonds is 7. The van der Waals surface area contributed by atoms with Crippen molar-refractivity contribution in [2.75, 3.05) is 13.1 Å². The molecule has 1 rings (SSSR count). The van der Waals surface area contributed by atoms with Crippen LogP contribution < -0.4 is 0 Å². The van der Waals surface area contributed by atoms with E-state index in [1.54, 1.807) is 17.0 Å². The van der Waals surface area contributed by atoms with Gasteiger partial charge >= 0.3 is 5.97 Å². The predicted octanol–water partition coefficient (Wildman–Crippen LogP) is 2.85. The summed E-state index contributed by atoms with van der Waals surface area (Å²) in [4.78, 5) is 12.6. The van der Waals surface area contributed by atoms with Crippen molar-refractivity contribution >= 4 is 5.97 Å². The van der Waals surface area contributed by atoms with E-state index < -0.39 is 5.97 Å². The molecular formula is C14H18FNO2. The summed E-state index contributed by atoms with van der Waals surface area (Å²) in [5.74, 6) is -1.20. The first-order valence-corrected chi connectivity index (χ1v) is 5.90. The SMILES string of the molecule is C=CCN(CC(=O)O)C(CC)c1cccc(F)c1. The van der Waals surface area contributed by atoms with Crippen molar-refractivity contribution in [2.24, 2.45) is 0 Å². The van der Waals surface area contributed by atoms with E-state index in [-0.39, 0.29) is 18.4 Å². The summed E-state index contributed by atoms with van der Waals surface area (Å²) in [6.07, 6.45) is 2.37. The van der Waals surface area contributed by atoms with Gasteiger partial charge in [-0.05, 0) is 24.1 Å². The number of carbonyl (C=O) groups is 1. The van der Waals surface area contributed by atoms with Crippen LogP contribution in [-0.4, -0.2) is 29.1 Å². The van der Waals surface area contributed by atoms with Crippen molar-refractivity contribution in [3.8, 4) is 0 Å². The molecule has 0 aliphatic heterocycles. The molecule has 18 heavy (non-hydrogen) atoms. The van der Waals surface area contributed by atoms with Crippen molar-refractivity contribution in [1.82, 2.24) is 4.90 Å². The smallest absolute Gasteiger partial charge is 0.317 e. The minimum Gasteiger partial charge on any atom is -0.480 e. The van der Waals surface area contributed by atoms with Gasteiger partial charge in [0.15, 0.2) is 0 Å². The highest BCUT2D eigenvalue weighted by molar-refractivity contribution is 5.69. The molecule has 0 spiro atoms. The lowest BCUT2D eigenvalue weighted by Crippen LogP contribution is -2.33. The summed E-state index contributed by atoms with van der Waals surface area (Å²) >= 11 is 0. The Morgan fingerprint density at radius 2 is 2.33 bits per heavy atom. The number of benzene rings is 1. The van der Waals surface area contributed by atoms with Gasteiger partial charge in [0.1, 0.15) is 5.82 Å². The molecule has 0 saturated heterocycles. The van der Waals surface area contributed by atoms with E-state index in [9.17, 15) is 9.18 Å². The summed E-state index contributed by atoms with van der Waals surface area (Å²) in [7, 11) is 0. The van der Waals surface area contributed by atoms with Gasteiger partial charge in [-0.25, -0.2) is 4.39 Å². The molecule has 0 aliphatic carbocycles. The number of halogens is 1. The molecule has 98 valence electrons. The average Bonchev–Trinajstić information content (AvgIpc) is 2.29. The fraction of sp³-hybridized carbons (Fsp3) is 0.357. The van der Waals surface area contributed by atoms with Gasteiger partial charge in [0.05, 0.1) is 6.54 Å². The number of hydrogen-bond acceptors (Lipinski definition) is 2. The van der Waals surface area contributed by atoms with Crippen molar-refractivity contribution in [3.05, 3.63) is 48.3 Å². The van der Waals surface area contributed by atoms with Crippen LogP contribution in [-0.2, 0) is 4.79 Å². The molecule has 0 aromatic heterocycles. The zero-order valence-electron chi connectivity index (χ0n) is 10.5. The van der Waals surface area contributed by atoms with Gasteiger partial charge < -0.3 is 5.11 Å². The molecule has 0 aliphatic rings. The monoisotopic (exact) mass is 251 g/mol. The molecular weight excluding hydrogens is 233 g/mol. The van der Waals surface area contributed by atoms with Crippen LogP contribution in [0, 0.1) is 5.82 Å². The lowest BCUT2D eigenvalue weighted by molar-refractivity contribution is -0.138. The Balaban J connectivity index is 2.96. The van der Waals surface area contributed by atoms with E-state index in [0.717, 1.165) is 5.56 Å². The van der Waals surface area contributed by atoms with Crippen molar-refractivity contribution < 1.29 is 14.3 Å². The zero-order chi connectivity index (χ0) is 13.5. The zero-order valence-corrected chi connectivity index (χ0v) is 10.5. The normalized spacial score (nSPS) is 12.4. The molecule has 3 nitrogen and oxygen atoms in total. The number of carboxylic acid groups (broad SMARTS) is 1. The van der Waals surface area contributed by atoms with Gasteiger partial charge in [-0.15, -0.1) is 6.58 Å². The standard InChI is InChI=1S/C14H18FNO2/c1-3-8-16(10-14(17)18)13(4-2)11-6-5-7-12(15)9-11/h3,5-7,9,13H,1,4,8,10H2,2H3,(H,17,18). The minimum atomic E-state index is -0.897. The Labute approximate surface area is 107 Å². The Hall–Kier alpha value is -1.68.